The molecule has 4 unspecified atom stereocenters. The molecule has 0 saturated carbocycles. The van der Waals surface area contributed by atoms with Gasteiger partial charge in [0.25, 0.3) is 0 Å². The molecule has 0 aromatic rings. The summed E-state index contributed by atoms with van der Waals surface area (Å²) in [4.78, 5) is 12.0. The van der Waals surface area contributed by atoms with E-state index in [-0.39, 0.29) is 36.2 Å². The van der Waals surface area contributed by atoms with E-state index < -0.39 is 6.29 Å². The van der Waals surface area contributed by atoms with Crippen molar-refractivity contribution in [2.75, 3.05) is 26.3 Å². The zero-order valence-corrected chi connectivity index (χ0v) is 21.4. The quantitative estimate of drug-likeness (QED) is 0.0812. The van der Waals surface area contributed by atoms with Crippen molar-refractivity contribution in [1.82, 2.24) is 14.2 Å². The molecule has 0 heterocycles. The van der Waals surface area contributed by atoms with Crippen LogP contribution in [0, 0.1) is 5.92 Å². The first-order valence-electron chi connectivity index (χ1n) is 10.3. The van der Waals surface area contributed by atoms with Gasteiger partial charge in [-0.2, -0.15) is 0 Å². The van der Waals surface area contributed by atoms with Gasteiger partial charge in [-0.05, 0) is 59.0 Å². The lowest BCUT2D eigenvalue weighted by atomic mass is 9.90. The number of aliphatic hydroxyl groups excluding tert-OH is 1. The first-order chi connectivity index (χ1) is 13.4. The minimum atomic E-state index is -0.988. The van der Waals surface area contributed by atoms with Crippen LogP contribution in [0.5, 0.6) is 0 Å². The number of ether oxygens (including phenoxy) is 2. The second-order valence-electron chi connectivity index (χ2n) is 8.74. The summed E-state index contributed by atoms with van der Waals surface area (Å²) in [5.41, 5.74) is 0.295. The molecule has 1 amide bonds. The highest BCUT2D eigenvalue weighted by Crippen LogP contribution is 2.26. The molecule has 0 fully saturated rings. The SMILES string of the molecule is C=C(C)C(O)OCCNC(=O)CNC(C)CC(C)(CC)OCC(C)C(C)(C)NI. The lowest BCUT2D eigenvalue weighted by Crippen LogP contribution is -2.45. The number of halogens is 1. The number of carbonyl (C=O) groups excluding carboxylic acids is 1. The van der Waals surface area contributed by atoms with Crippen LogP contribution >= 0.6 is 22.9 Å². The molecule has 0 aliphatic rings. The van der Waals surface area contributed by atoms with Crippen LogP contribution in [-0.2, 0) is 14.3 Å². The first-order valence-corrected chi connectivity index (χ1v) is 11.4. The summed E-state index contributed by atoms with van der Waals surface area (Å²) in [5.74, 6) is 0.262. The second kappa shape index (κ2) is 13.9. The number of hydrogen-bond donors (Lipinski definition) is 4. The van der Waals surface area contributed by atoms with Crippen LogP contribution in [0.25, 0.3) is 0 Å². The van der Waals surface area contributed by atoms with E-state index in [1.165, 1.54) is 0 Å². The van der Waals surface area contributed by atoms with Gasteiger partial charge in [0.15, 0.2) is 6.29 Å². The van der Waals surface area contributed by atoms with Gasteiger partial charge in [-0.15, -0.1) is 0 Å². The molecule has 0 rings (SSSR count). The highest BCUT2D eigenvalue weighted by molar-refractivity contribution is 14.1. The third-order valence-electron chi connectivity index (χ3n) is 5.38. The van der Waals surface area contributed by atoms with Gasteiger partial charge in [-0.3, -0.25) is 8.32 Å². The summed E-state index contributed by atoms with van der Waals surface area (Å²) in [7, 11) is 0. The molecule has 0 bridgehead atoms. The molecule has 0 aromatic heterocycles. The number of carbonyl (C=O) groups is 1. The van der Waals surface area contributed by atoms with E-state index in [0.717, 1.165) is 12.8 Å². The van der Waals surface area contributed by atoms with Gasteiger partial charge in [0.1, 0.15) is 0 Å². The van der Waals surface area contributed by atoms with Crippen molar-refractivity contribution in [3.05, 3.63) is 12.2 Å². The van der Waals surface area contributed by atoms with Gasteiger partial charge >= 0.3 is 0 Å². The summed E-state index contributed by atoms with van der Waals surface area (Å²) in [5, 5.41) is 15.5. The summed E-state index contributed by atoms with van der Waals surface area (Å²) in [6, 6.07) is 0.137. The van der Waals surface area contributed by atoms with Crippen molar-refractivity contribution in [2.24, 2.45) is 5.92 Å². The Morgan fingerprint density at radius 1 is 1.28 bits per heavy atom. The Morgan fingerprint density at radius 2 is 1.90 bits per heavy atom. The van der Waals surface area contributed by atoms with Crippen LogP contribution < -0.4 is 14.2 Å². The average molecular weight is 527 g/mol. The summed E-state index contributed by atoms with van der Waals surface area (Å²) >= 11 is 2.19. The van der Waals surface area contributed by atoms with E-state index in [9.17, 15) is 9.90 Å². The summed E-state index contributed by atoms with van der Waals surface area (Å²) in [6.45, 7) is 19.6. The van der Waals surface area contributed by atoms with Crippen LogP contribution in [0.15, 0.2) is 12.2 Å². The van der Waals surface area contributed by atoms with E-state index in [4.69, 9.17) is 9.47 Å². The maximum absolute atomic E-state index is 12.0. The van der Waals surface area contributed by atoms with Crippen LogP contribution in [0.2, 0.25) is 0 Å². The molecule has 0 spiro atoms. The van der Waals surface area contributed by atoms with E-state index in [2.05, 4.69) is 85.1 Å². The van der Waals surface area contributed by atoms with Gasteiger partial charge in [0.2, 0.25) is 5.91 Å². The third-order valence-corrected chi connectivity index (χ3v) is 6.77. The van der Waals surface area contributed by atoms with Crippen molar-refractivity contribution >= 4 is 28.8 Å². The Kier molecular flexibility index (Phi) is 13.8. The van der Waals surface area contributed by atoms with Crippen LogP contribution in [0.1, 0.15) is 61.3 Å². The molecule has 8 heteroatoms. The Bertz CT molecular complexity index is 504. The maximum Gasteiger partial charge on any atom is 0.234 e. The van der Waals surface area contributed by atoms with Crippen molar-refractivity contribution in [1.29, 1.82) is 0 Å². The molecule has 4 atom stereocenters. The first kappa shape index (κ1) is 28.7. The van der Waals surface area contributed by atoms with E-state index >= 15 is 0 Å². The normalized spacial score (nSPS) is 17.3. The molecule has 0 radical (unpaired) electrons. The van der Waals surface area contributed by atoms with Crippen molar-refractivity contribution in [3.63, 3.8) is 0 Å². The van der Waals surface area contributed by atoms with Crippen molar-refractivity contribution < 1.29 is 19.4 Å². The Morgan fingerprint density at radius 3 is 2.41 bits per heavy atom. The fourth-order valence-corrected chi connectivity index (χ4v) is 3.02. The Labute approximate surface area is 191 Å². The van der Waals surface area contributed by atoms with Crippen molar-refractivity contribution in [2.45, 2.75) is 84.8 Å². The number of rotatable bonds is 16. The Balaban J connectivity index is 4.26. The number of hydrogen-bond acceptors (Lipinski definition) is 6. The smallest absolute Gasteiger partial charge is 0.234 e. The molecule has 0 aliphatic heterocycles. The second-order valence-corrected chi connectivity index (χ2v) is 9.28. The lowest BCUT2D eigenvalue weighted by Gasteiger charge is -2.36. The van der Waals surface area contributed by atoms with Gasteiger partial charge in [-0.1, -0.05) is 20.4 Å². The minimum absolute atomic E-state index is 0.00128. The van der Waals surface area contributed by atoms with E-state index in [1.54, 1.807) is 6.92 Å². The predicted molar refractivity (Wildman–Crippen MR) is 127 cm³/mol. The maximum atomic E-state index is 12.0. The molecular formula is C21H42IN3O4. The van der Waals surface area contributed by atoms with Gasteiger partial charge in [0, 0.05) is 41.0 Å². The number of nitrogens with one attached hydrogen (secondary N) is 3. The summed E-state index contributed by atoms with van der Waals surface area (Å²) in [6.07, 6.45) is 0.728. The van der Waals surface area contributed by atoms with Gasteiger partial charge in [-0.25, -0.2) is 0 Å². The predicted octanol–water partition coefficient (Wildman–Crippen LogP) is 2.92. The molecule has 172 valence electrons. The number of aliphatic hydroxyl groups is 1. The molecule has 0 aliphatic carbocycles. The zero-order chi connectivity index (χ0) is 22.7. The molecular weight excluding hydrogens is 485 g/mol. The lowest BCUT2D eigenvalue weighted by molar-refractivity contribution is -0.121. The molecule has 7 nitrogen and oxygen atoms in total. The zero-order valence-electron chi connectivity index (χ0n) is 19.2. The average Bonchev–Trinajstić information content (AvgIpc) is 2.67. The fraction of sp³-hybridized carbons (Fsp3) is 0.857. The largest absolute Gasteiger partial charge is 0.375 e. The van der Waals surface area contributed by atoms with Crippen molar-refractivity contribution in [3.8, 4) is 0 Å². The molecule has 29 heavy (non-hydrogen) atoms. The molecule has 0 saturated heterocycles. The van der Waals surface area contributed by atoms with Gasteiger partial charge in [0.05, 0.1) is 25.4 Å². The standard InChI is InChI=1S/C21H42IN3O4/c1-9-21(8,29-14-16(4)20(6,7)25-22)12-17(5)24-13-18(26)23-10-11-28-19(27)15(2)3/h16-17,19,24-25,27H,2,9-14H2,1,3-8H3,(H,23,26). The molecule has 0 aromatic carbocycles. The van der Waals surface area contributed by atoms with E-state index in [1.807, 2.05) is 0 Å². The van der Waals surface area contributed by atoms with Gasteiger partial charge < -0.3 is 25.2 Å². The highest BCUT2D eigenvalue weighted by atomic mass is 127. The van der Waals surface area contributed by atoms with Crippen LogP contribution in [-0.4, -0.2) is 60.8 Å². The molecule has 4 N–H and O–H groups in total. The van der Waals surface area contributed by atoms with Crippen LogP contribution in [0.4, 0.5) is 0 Å². The highest BCUT2D eigenvalue weighted by Gasteiger charge is 2.30. The minimum Gasteiger partial charge on any atom is -0.375 e. The number of amides is 1. The summed E-state index contributed by atoms with van der Waals surface area (Å²) < 4.78 is 14.7. The Hall–Kier alpha value is -0.260. The fourth-order valence-electron chi connectivity index (χ4n) is 2.49. The van der Waals surface area contributed by atoms with E-state index in [0.29, 0.717) is 24.6 Å². The topological polar surface area (TPSA) is 91.9 Å². The van der Waals surface area contributed by atoms with Crippen LogP contribution in [0.3, 0.4) is 0 Å². The third kappa shape index (κ3) is 12.2. The monoisotopic (exact) mass is 527 g/mol.